The van der Waals surface area contributed by atoms with Crippen molar-refractivity contribution in [2.45, 2.75) is 20.0 Å². The summed E-state index contributed by atoms with van der Waals surface area (Å²) in [6.45, 7) is 3.98. The summed E-state index contributed by atoms with van der Waals surface area (Å²) in [6, 6.07) is 12.1. The van der Waals surface area contributed by atoms with Crippen LogP contribution in [0.3, 0.4) is 0 Å². The zero-order chi connectivity index (χ0) is 20.5. The second-order valence-electron chi connectivity index (χ2n) is 5.75. The normalized spacial score (nSPS) is 11.7. The minimum Gasteiger partial charge on any atom is -0.495 e. The maximum absolute atomic E-state index is 12.2. The van der Waals surface area contributed by atoms with Crippen molar-refractivity contribution < 1.29 is 23.8 Å². The first kappa shape index (κ1) is 21.3. The van der Waals surface area contributed by atoms with Crippen LogP contribution < -0.4 is 14.8 Å². The fourth-order valence-electron chi connectivity index (χ4n) is 2.26. The van der Waals surface area contributed by atoms with Gasteiger partial charge in [0, 0.05) is 11.8 Å². The van der Waals surface area contributed by atoms with E-state index in [0.717, 1.165) is 11.3 Å². The number of esters is 1. The lowest BCUT2D eigenvalue weighted by Crippen LogP contribution is -2.29. The van der Waals surface area contributed by atoms with Gasteiger partial charge in [0.25, 0.3) is 5.91 Å². The Morgan fingerprint density at radius 2 is 1.89 bits per heavy atom. The summed E-state index contributed by atoms with van der Waals surface area (Å²) in [5.41, 5.74) is 1.29. The molecule has 0 saturated carbocycles. The van der Waals surface area contributed by atoms with Crippen LogP contribution >= 0.6 is 11.6 Å². The van der Waals surface area contributed by atoms with Crippen LogP contribution in [-0.2, 0) is 14.3 Å². The molecule has 0 radical (unpaired) electrons. The van der Waals surface area contributed by atoms with E-state index >= 15 is 0 Å². The zero-order valence-corrected chi connectivity index (χ0v) is 16.7. The predicted octanol–water partition coefficient (Wildman–Crippen LogP) is 4.33. The van der Waals surface area contributed by atoms with E-state index in [4.69, 9.17) is 25.8 Å². The van der Waals surface area contributed by atoms with Gasteiger partial charge in [-0.25, -0.2) is 4.79 Å². The van der Waals surface area contributed by atoms with Gasteiger partial charge in [-0.2, -0.15) is 0 Å². The van der Waals surface area contributed by atoms with Crippen LogP contribution in [0.15, 0.2) is 48.5 Å². The Balaban J connectivity index is 1.88. The summed E-state index contributed by atoms with van der Waals surface area (Å²) in [7, 11) is 1.50. The van der Waals surface area contributed by atoms with Gasteiger partial charge >= 0.3 is 5.97 Å². The van der Waals surface area contributed by atoms with Gasteiger partial charge < -0.3 is 19.5 Å². The lowest BCUT2D eigenvalue weighted by atomic mass is 10.2. The standard InChI is InChI=1S/C21H22ClNO5/c1-4-27-17-9-5-15(6-10-17)7-12-20(24)28-14(2)21(25)23-16-8-11-19(26-3)18(22)13-16/h5-14H,4H2,1-3H3,(H,23,25)/b12-7+/t14-/m0/s1. The first-order valence-corrected chi connectivity index (χ1v) is 9.06. The highest BCUT2D eigenvalue weighted by molar-refractivity contribution is 6.32. The number of nitrogens with one attached hydrogen (secondary N) is 1. The number of benzene rings is 2. The number of anilines is 1. The van der Waals surface area contributed by atoms with Crippen molar-refractivity contribution in [2.75, 3.05) is 19.0 Å². The highest BCUT2D eigenvalue weighted by Crippen LogP contribution is 2.27. The third-order valence-corrected chi connectivity index (χ3v) is 3.98. The molecule has 0 aliphatic carbocycles. The van der Waals surface area contributed by atoms with E-state index < -0.39 is 18.0 Å². The second kappa shape index (κ2) is 10.4. The van der Waals surface area contributed by atoms with Gasteiger partial charge in [0.15, 0.2) is 6.10 Å². The number of rotatable bonds is 8. The molecule has 0 spiro atoms. The number of carbonyl (C=O) groups is 2. The number of carbonyl (C=O) groups excluding carboxylic acids is 2. The number of amides is 1. The van der Waals surface area contributed by atoms with Crippen molar-refractivity contribution in [3.8, 4) is 11.5 Å². The second-order valence-corrected chi connectivity index (χ2v) is 6.16. The molecular formula is C21H22ClNO5. The minimum absolute atomic E-state index is 0.364. The topological polar surface area (TPSA) is 73.9 Å². The highest BCUT2D eigenvalue weighted by atomic mass is 35.5. The summed E-state index contributed by atoms with van der Waals surface area (Å²) in [4.78, 5) is 24.1. The summed E-state index contributed by atoms with van der Waals surface area (Å²) < 4.78 is 15.5. The molecular weight excluding hydrogens is 382 g/mol. The summed E-state index contributed by atoms with van der Waals surface area (Å²) in [6.07, 6.45) is 1.90. The van der Waals surface area contributed by atoms with Gasteiger partial charge in [0.05, 0.1) is 18.7 Å². The van der Waals surface area contributed by atoms with Crippen molar-refractivity contribution in [3.05, 3.63) is 59.1 Å². The number of halogens is 1. The van der Waals surface area contributed by atoms with Gasteiger partial charge in [0.1, 0.15) is 11.5 Å². The fraction of sp³-hybridized carbons (Fsp3) is 0.238. The van der Waals surface area contributed by atoms with Crippen molar-refractivity contribution in [1.82, 2.24) is 0 Å². The van der Waals surface area contributed by atoms with Crippen LogP contribution in [0.1, 0.15) is 19.4 Å². The van der Waals surface area contributed by atoms with E-state index in [1.165, 1.54) is 20.1 Å². The van der Waals surface area contributed by atoms with Crippen LogP contribution in [0, 0.1) is 0 Å². The van der Waals surface area contributed by atoms with E-state index in [0.29, 0.717) is 23.1 Å². The molecule has 0 aliphatic rings. The van der Waals surface area contributed by atoms with Crippen molar-refractivity contribution in [1.29, 1.82) is 0 Å². The average molecular weight is 404 g/mol. The zero-order valence-electron chi connectivity index (χ0n) is 15.9. The molecule has 28 heavy (non-hydrogen) atoms. The molecule has 2 aromatic carbocycles. The highest BCUT2D eigenvalue weighted by Gasteiger charge is 2.17. The number of hydrogen-bond acceptors (Lipinski definition) is 5. The minimum atomic E-state index is -0.974. The molecule has 0 fully saturated rings. The monoisotopic (exact) mass is 403 g/mol. The number of methoxy groups -OCH3 is 1. The molecule has 1 N–H and O–H groups in total. The van der Waals surface area contributed by atoms with Crippen molar-refractivity contribution in [3.63, 3.8) is 0 Å². The molecule has 2 rings (SSSR count). The van der Waals surface area contributed by atoms with Crippen LogP contribution in [0.25, 0.3) is 6.08 Å². The summed E-state index contributed by atoms with van der Waals surface area (Å²) in [5.74, 6) is 0.165. The number of hydrogen-bond donors (Lipinski definition) is 1. The molecule has 1 atom stereocenters. The molecule has 0 saturated heterocycles. The third-order valence-electron chi connectivity index (χ3n) is 3.68. The third kappa shape index (κ3) is 6.32. The van der Waals surface area contributed by atoms with Crippen LogP contribution in [-0.4, -0.2) is 31.7 Å². The van der Waals surface area contributed by atoms with E-state index in [9.17, 15) is 9.59 Å². The van der Waals surface area contributed by atoms with Crippen LogP contribution in [0.2, 0.25) is 5.02 Å². The van der Waals surface area contributed by atoms with Gasteiger partial charge in [-0.1, -0.05) is 23.7 Å². The Labute approximate surface area is 169 Å². The predicted molar refractivity (Wildman–Crippen MR) is 109 cm³/mol. The quantitative estimate of drug-likeness (QED) is 0.524. The summed E-state index contributed by atoms with van der Waals surface area (Å²) >= 11 is 6.02. The molecule has 0 unspecified atom stereocenters. The lowest BCUT2D eigenvalue weighted by Gasteiger charge is -2.13. The summed E-state index contributed by atoms with van der Waals surface area (Å²) in [5, 5.41) is 3.00. The van der Waals surface area contributed by atoms with Gasteiger partial charge in [-0.3, -0.25) is 4.79 Å². The number of ether oxygens (including phenoxy) is 3. The van der Waals surface area contributed by atoms with E-state index in [1.807, 2.05) is 31.2 Å². The molecule has 1 amide bonds. The molecule has 6 nitrogen and oxygen atoms in total. The van der Waals surface area contributed by atoms with Gasteiger partial charge in [0.2, 0.25) is 0 Å². The van der Waals surface area contributed by atoms with E-state index in [1.54, 1.807) is 24.3 Å². The molecule has 148 valence electrons. The van der Waals surface area contributed by atoms with Gasteiger partial charge in [-0.15, -0.1) is 0 Å². The van der Waals surface area contributed by atoms with E-state index in [2.05, 4.69) is 5.32 Å². The Morgan fingerprint density at radius 3 is 2.50 bits per heavy atom. The Hall–Kier alpha value is -2.99. The first-order valence-electron chi connectivity index (χ1n) is 8.69. The maximum Gasteiger partial charge on any atom is 0.331 e. The Morgan fingerprint density at radius 1 is 1.18 bits per heavy atom. The van der Waals surface area contributed by atoms with E-state index in [-0.39, 0.29) is 0 Å². The molecule has 2 aromatic rings. The van der Waals surface area contributed by atoms with Crippen LogP contribution in [0.5, 0.6) is 11.5 Å². The molecule has 0 bridgehead atoms. The van der Waals surface area contributed by atoms with Crippen molar-refractivity contribution >= 4 is 35.2 Å². The Kier molecular flexibility index (Phi) is 7.89. The largest absolute Gasteiger partial charge is 0.495 e. The first-order chi connectivity index (χ1) is 13.4. The fourth-order valence-corrected chi connectivity index (χ4v) is 2.52. The molecule has 7 heteroatoms. The van der Waals surface area contributed by atoms with Crippen molar-refractivity contribution in [2.24, 2.45) is 0 Å². The molecule has 0 aromatic heterocycles. The average Bonchev–Trinajstić information content (AvgIpc) is 2.68. The smallest absolute Gasteiger partial charge is 0.331 e. The molecule has 0 aliphatic heterocycles. The van der Waals surface area contributed by atoms with Gasteiger partial charge in [-0.05, 0) is 55.8 Å². The van der Waals surface area contributed by atoms with Crippen LogP contribution in [0.4, 0.5) is 5.69 Å². The molecule has 0 heterocycles. The maximum atomic E-state index is 12.2. The SMILES string of the molecule is CCOc1ccc(/C=C/C(=O)O[C@@H](C)C(=O)Nc2ccc(OC)c(Cl)c2)cc1. The lowest BCUT2D eigenvalue weighted by molar-refractivity contribution is -0.148. The Bertz CT molecular complexity index is 848.